The van der Waals surface area contributed by atoms with E-state index >= 15 is 0 Å². The Morgan fingerprint density at radius 1 is 2.00 bits per heavy atom. The van der Waals surface area contributed by atoms with Gasteiger partial charge in [-0.15, -0.1) is 0 Å². The number of hydrogen-bond acceptors (Lipinski definition) is 3. The van der Waals surface area contributed by atoms with Gasteiger partial charge in [0, 0.05) is 6.42 Å². The summed E-state index contributed by atoms with van der Waals surface area (Å²) in [6.45, 7) is 1.68. The topological polar surface area (TPSA) is 52.3 Å². The van der Waals surface area contributed by atoms with Crippen molar-refractivity contribution in [2.45, 2.75) is 13.3 Å². The van der Waals surface area contributed by atoms with Crippen LogP contribution in [0.2, 0.25) is 0 Å². The van der Waals surface area contributed by atoms with Crippen molar-refractivity contribution < 1.29 is 9.63 Å². The summed E-state index contributed by atoms with van der Waals surface area (Å²) in [6, 6.07) is 0. The van der Waals surface area contributed by atoms with E-state index in [-0.39, 0.29) is 5.97 Å². The highest BCUT2D eigenvalue weighted by Crippen LogP contribution is 1.73. The second-order valence-electron chi connectivity index (χ2n) is 0.843. The summed E-state index contributed by atoms with van der Waals surface area (Å²) in [4.78, 5) is 13.6. The van der Waals surface area contributed by atoms with Crippen molar-refractivity contribution in [2.24, 2.45) is 5.90 Å². The molecule has 0 aromatic rings. The monoisotopic (exact) mass is 89.0 g/mol. The maximum Gasteiger partial charge on any atom is 0.324 e. The molecule has 0 saturated heterocycles. The van der Waals surface area contributed by atoms with Gasteiger partial charge in [-0.2, -0.15) is 5.90 Å². The van der Waals surface area contributed by atoms with Crippen LogP contribution in [0.15, 0.2) is 0 Å². The summed E-state index contributed by atoms with van der Waals surface area (Å²) < 4.78 is 0. The lowest BCUT2D eigenvalue weighted by molar-refractivity contribution is -0.143. The lowest BCUT2D eigenvalue weighted by atomic mass is 10.5. The van der Waals surface area contributed by atoms with Crippen LogP contribution in [0.1, 0.15) is 13.3 Å². The van der Waals surface area contributed by atoms with E-state index < -0.39 is 0 Å². The van der Waals surface area contributed by atoms with E-state index in [9.17, 15) is 4.79 Å². The fourth-order valence-corrected chi connectivity index (χ4v) is 0.0833. The van der Waals surface area contributed by atoms with Crippen molar-refractivity contribution in [2.75, 3.05) is 0 Å². The van der Waals surface area contributed by atoms with Crippen LogP contribution in [0.5, 0.6) is 0 Å². The average molecular weight is 89.1 g/mol. The zero-order valence-electron chi connectivity index (χ0n) is 3.60. The molecular formula is C3H7NO2. The Labute approximate surface area is 36.0 Å². The Kier molecular flexibility index (Phi) is 2.40. The molecule has 0 aliphatic heterocycles. The Balaban J connectivity index is 2.99. The van der Waals surface area contributed by atoms with Crippen LogP contribution >= 0.6 is 0 Å². The molecule has 3 nitrogen and oxygen atoms in total. The highest BCUT2D eigenvalue weighted by atomic mass is 16.7. The molecule has 0 radical (unpaired) electrons. The van der Waals surface area contributed by atoms with Gasteiger partial charge in [-0.3, -0.25) is 4.79 Å². The summed E-state index contributed by atoms with van der Waals surface area (Å²) in [7, 11) is 0. The van der Waals surface area contributed by atoms with Gasteiger partial charge >= 0.3 is 5.97 Å². The van der Waals surface area contributed by atoms with E-state index in [1.807, 2.05) is 0 Å². The number of carbonyl (C=O) groups excluding carboxylic acids is 1. The molecule has 36 valence electrons. The van der Waals surface area contributed by atoms with Crippen molar-refractivity contribution in [3.8, 4) is 0 Å². The number of carbonyl (C=O) groups is 1. The third-order valence-corrected chi connectivity index (χ3v) is 0.420. The zero-order chi connectivity index (χ0) is 4.99. The van der Waals surface area contributed by atoms with Crippen LogP contribution in [0, 0.1) is 0 Å². The van der Waals surface area contributed by atoms with Gasteiger partial charge in [0.1, 0.15) is 0 Å². The predicted molar refractivity (Wildman–Crippen MR) is 20.6 cm³/mol. The molecule has 0 saturated carbocycles. The van der Waals surface area contributed by atoms with E-state index in [4.69, 9.17) is 0 Å². The summed E-state index contributed by atoms with van der Waals surface area (Å²) in [5.41, 5.74) is 0. The minimum atomic E-state index is -0.380. The second kappa shape index (κ2) is 2.66. The van der Waals surface area contributed by atoms with Gasteiger partial charge in [-0.1, -0.05) is 6.92 Å². The fraction of sp³-hybridized carbons (Fsp3) is 0.667. The predicted octanol–water partition coefficient (Wildman–Crippen LogP) is -0.187. The first-order valence-electron chi connectivity index (χ1n) is 1.70. The van der Waals surface area contributed by atoms with Gasteiger partial charge in [0.25, 0.3) is 0 Å². The Morgan fingerprint density at radius 2 is 2.50 bits per heavy atom. The van der Waals surface area contributed by atoms with E-state index in [0.717, 1.165) is 0 Å². The SMILES string of the molecule is CCC(=O)ON. The molecule has 0 spiro atoms. The van der Waals surface area contributed by atoms with Crippen molar-refractivity contribution in [3.63, 3.8) is 0 Å². The van der Waals surface area contributed by atoms with E-state index in [1.165, 1.54) is 0 Å². The van der Waals surface area contributed by atoms with Gasteiger partial charge in [-0.25, -0.2) is 0 Å². The summed E-state index contributed by atoms with van der Waals surface area (Å²) in [6.07, 6.45) is 0.344. The van der Waals surface area contributed by atoms with E-state index in [0.29, 0.717) is 6.42 Å². The summed E-state index contributed by atoms with van der Waals surface area (Å²) in [5, 5.41) is 0. The van der Waals surface area contributed by atoms with Crippen LogP contribution in [0.4, 0.5) is 0 Å². The fourth-order valence-electron chi connectivity index (χ4n) is 0.0833. The second-order valence-corrected chi connectivity index (χ2v) is 0.843. The van der Waals surface area contributed by atoms with Crippen LogP contribution in [-0.4, -0.2) is 5.97 Å². The lowest BCUT2D eigenvalue weighted by Gasteiger charge is -1.85. The Morgan fingerprint density at radius 3 is 2.50 bits per heavy atom. The molecule has 0 aromatic heterocycles. The zero-order valence-corrected chi connectivity index (χ0v) is 3.60. The van der Waals surface area contributed by atoms with Crippen molar-refractivity contribution in [1.29, 1.82) is 0 Å². The molecule has 0 amide bonds. The van der Waals surface area contributed by atoms with Gasteiger partial charge in [0.05, 0.1) is 0 Å². The minimum absolute atomic E-state index is 0.344. The molecule has 0 rings (SSSR count). The van der Waals surface area contributed by atoms with Gasteiger partial charge in [0.15, 0.2) is 0 Å². The first kappa shape index (κ1) is 5.43. The molecular weight excluding hydrogens is 82.0 g/mol. The van der Waals surface area contributed by atoms with Crippen LogP contribution in [0.3, 0.4) is 0 Å². The standard InChI is InChI=1S/C3H7NO2/c1-2-3(5)6-4/h2,4H2,1H3. The first-order valence-corrected chi connectivity index (χ1v) is 1.70. The van der Waals surface area contributed by atoms with E-state index in [2.05, 4.69) is 10.7 Å². The smallest absolute Gasteiger partial charge is 0.324 e. The molecule has 0 fully saturated rings. The average Bonchev–Trinajstić information content (AvgIpc) is 1.65. The molecule has 0 aliphatic carbocycles. The van der Waals surface area contributed by atoms with Crippen LogP contribution in [-0.2, 0) is 9.63 Å². The first-order chi connectivity index (χ1) is 2.81. The Bertz CT molecular complexity index is 46.8. The maximum absolute atomic E-state index is 9.83. The number of hydrogen-bond donors (Lipinski definition) is 1. The van der Waals surface area contributed by atoms with Crippen molar-refractivity contribution >= 4 is 5.97 Å². The molecule has 0 bridgehead atoms. The summed E-state index contributed by atoms with van der Waals surface area (Å²) in [5.74, 6) is 4.05. The normalized spacial score (nSPS) is 7.67. The molecule has 0 aliphatic rings. The molecule has 0 heterocycles. The highest BCUT2D eigenvalue weighted by Gasteiger charge is 1.88. The van der Waals surface area contributed by atoms with Gasteiger partial charge in [-0.05, 0) is 0 Å². The van der Waals surface area contributed by atoms with Gasteiger partial charge in [0.2, 0.25) is 0 Å². The number of rotatable bonds is 1. The molecule has 6 heavy (non-hydrogen) atoms. The molecule has 2 N–H and O–H groups in total. The van der Waals surface area contributed by atoms with Crippen LogP contribution in [0.25, 0.3) is 0 Å². The third-order valence-electron chi connectivity index (χ3n) is 0.420. The van der Waals surface area contributed by atoms with Gasteiger partial charge < -0.3 is 4.84 Å². The molecule has 0 unspecified atom stereocenters. The maximum atomic E-state index is 9.83. The molecule has 0 aromatic carbocycles. The lowest BCUT2D eigenvalue weighted by Crippen LogP contribution is -2.07. The molecule has 3 heteroatoms. The minimum Gasteiger partial charge on any atom is -0.373 e. The third kappa shape index (κ3) is 1.72. The molecule has 0 atom stereocenters. The Hall–Kier alpha value is -0.570. The van der Waals surface area contributed by atoms with E-state index in [1.54, 1.807) is 6.92 Å². The highest BCUT2D eigenvalue weighted by molar-refractivity contribution is 5.68. The van der Waals surface area contributed by atoms with Crippen molar-refractivity contribution in [1.82, 2.24) is 0 Å². The van der Waals surface area contributed by atoms with Crippen molar-refractivity contribution in [3.05, 3.63) is 0 Å². The largest absolute Gasteiger partial charge is 0.373 e. The van der Waals surface area contributed by atoms with Crippen LogP contribution < -0.4 is 5.90 Å². The quantitative estimate of drug-likeness (QED) is 0.453. The summed E-state index contributed by atoms with van der Waals surface area (Å²) >= 11 is 0. The number of nitrogens with two attached hydrogens (primary N) is 1.